The first-order valence-electron chi connectivity index (χ1n) is 9.00. The summed E-state index contributed by atoms with van der Waals surface area (Å²) < 4.78 is 0. The zero-order valence-electron chi connectivity index (χ0n) is 13.2. The molecule has 2 aliphatic carbocycles. The van der Waals surface area contributed by atoms with Gasteiger partial charge in [-0.1, -0.05) is 58.8 Å². The average Bonchev–Trinajstić information content (AvgIpc) is 2.48. The van der Waals surface area contributed by atoms with Crippen molar-refractivity contribution in [1.29, 1.82) is 0 Å². The van der Waals surface area contributed by atoms with Crippen LogP contribution >= 0.6 is 0 Å². The minimum Gasteiger partial charge on any atom is -0.327 e. The van der Waals surface area contributed by atoms with Gasteiger partial charge < -0.3 is 5.73 Å². The standard InChI is InChI=1S/C18H35N/c1-3-5-15-8-12-17(13-9-15)18(19)16-10-6-14(4-2)7-11-16/h14-18H,3-13,19H2,1-2H3. The summed E-state index contributed by atoms with van der Waals surface area (Å²) in [6, 6.07) is 0.514. The first-order chi connectivity index (χ1) is 9.24. The van der Waals surface area contributed by atoms with Gasteiger partial charge in [0.05, 0.1) is 0 Å². The van der Waals surface area contributed by atoms with Crippen molar-refractivity contribution >= 4 is 0 Å². The van der Waals surface area contributed by atoms with Crippen molar-refractivity contribution in [2.75, 3.05) is 0 Å². The Hall–Kier alpha value is -0.0400. The van der Waals surface area contributed by atoms with E-state index in [1.165, 1.54) is 70.6 Å². The fourth-order valence-electron chi connectivity index (χ4n) is 4.64. The van der Waals surface area contributed by atoms with Gasteiger partial charge in [0.15, 0.2) is 0 Å². The number of hydrogen-bond acceptors (Lipinski definition) is 1. The van der Waals surface area contributed by atoms with Gasteiger partial charge >= 0.3 is 0 Å². The van der Waals surface area contributed by atoms with Crippen LogP contribution in [0.2, 0.25) is 0 Å². The van der Waals surface area contributed by atoms with Crippen molar-refractivity contribution in [1.82, 2.24) is 0 Å². The van der Waals surface area contributed by atoms with Gasteiger partial charge in [-0.15, -0.1) is 0 Å². The second-order valence-corrected chi connectivity index (χ2v) is 7.34. The van der Waals surface area contributed by atoms with Crippen LogP contribution in [0.4, 0.5) is 0 Å². The molecule has 19 heavy (non-hydrogen) atoms. The molecule has 0 aromatic heterocycles. The molecular formula is C18H35N. The van der Waals surface area contributed by atoms with E-state index in [1.807, 2.05) is 0 Å². The van der Waals surface area contributed by atoms with Gasteiger partial charge in [0.1, 0.15) is 0 Å². The van der Waals surface area contributed by atoms with E-state index >= 15 is 0 Å². The van der Waals surface area contributed by atoms with Gasteiger partial charge in [0, 0.05) is 6.04 Å². The smallest absolute Gasteiger partial charge is 0.00956 e. The van der Waals surface area contributed by atoms with Crippen LogP contribution in [0.5, 0.6) is 0 Å². The summed E-state index contributed by atoms with van der Waals surface area (Å²) in [5, 5.41) is 0. The van der Waals surface area contributed by atoms with Crippen LogP contribution in [0.1, 0.15) is 84.5 Å². The molecule has 0 amide bonds. The van der Waals surface area contributed by atoms with E-state index in [1.54, 1.807) is 0 Å². The summed E-state index contributed by atoms with van der Waals surface area (Å²) in [4.78, 5) is 0. The molecule has 0 aromatic rings. The van der Waals surface area contributed by atoms with E-state index < -0.39 is 0 Å². The van der Waals surface area contributed by atoms with Crippen molar-refractivity contribution in [2.45, 2.75) is 90.5 Å². The summed E-state index contributed by atoms with van der Waals surface area (Å²) in [6.45, 7) is 4.67. The molecule has 2 saturated carbocycles. The maximum Gasteiger partial charge on any atom is 0.00956 e. The molecule has 0 bridgehead atoms. The fourth-order valence-corrected chi connectivity index (χ4v) is 4.64. The largest absolute Gasteiger partial charge is 0.327 e. The molecule has 2 rings (SSSR count). The highest BCUT2D eigenvalue weighted by Gasteiger charge is 2.32. The predicted molar refractivity (Wildman–Crippen MR) is 84.1 cm³/mol. The number of hydrogen-bond donors (Lipinski definition) is 1. The molecule has 2 aliphatic rings. The van der Waals surface area contributed by atoms with E-state index in [-0.39, 0.29) is 0 Å². The van der Waals surface area contributed by atoms with Gasteiger partial charge in [0.2, 0.25) is 0 Å². The summed E-state index contributed by atoms with van der Waals surface area (Å²) in [6.07, 6.45) is 15.6. The molecule has 0 heterocycles. The van der Waals surface area contributed by atoms with Gasteiger partial charge in [-0.25, -0.2) is 0 Å². The Morgan fingerprint density at radius 1 is 0.789 bits per heavy atom. The van der Waals surface area contributed by atoms with Gasteiger partial charge in [-0.3, -0.25) is 0 Å². The molecule has 1 nitrogen and oxygen atoms in total. The topological polar surface area (TPSA) is 26.0 Å². The lowest BCUT2D eigenvalue weighted by Gasteiger charge is -2.38. The zero-order valence-corrected chi connectivity index (χ0v) is 13.2. The predicted octanol–water partition coefficient (Wildman–Crippen LogP) is 5.14. The molecule has 1 heteroatoms. The maximum absolute atomic E-state index is 6.63. The first kappa shape index (κ1) is 15.4. The SMILES string of the molecule is CCCC1CCC(C(N)C2CCC(CC)CC2)CC1. The van der Waals surface area contributed by atoms with Crippen LogP contribution in [-0.4, -0.2) is 6.04 Å². The van der Waals surface area contributed by atoms with E-state index in [2.05, 4.69) is 13.8 Å². The number of rotatable bonds is 5. The quantitative estimate of drug-likeness (QED) is 0.732. The molecule has 1 atom stereocenters. The Balaban J connectivity index is 1.73. The van der Waals surface area contributed by atoms with E-state index in [9.17, 15) is 0 Å². The molecule has 0 spiro atoms. The van der Waals surface area contributed by atoms with Crippen molar-refractivity contribution < 1.29 is 0 Å². The minimum atomic E-state index is 0.514. The van der Waals surface area contributed by atoms with Gasteiger partial charge in [-0.2, -0.15) is 0 Å². The average molecular weight is 265 g/mol. The molecule has 0 radical (unpaired) electrons. The lowest BCUT2D eigenvalue weighted by Crippen LogP contribution is -2.41. The Kier molecular flexibility index (Phi) is 6.19. The molecule has 1 unspecified atom stereocenters. The molecule has 112 valence electrons. The van der Waals surface area contributed by atoms with E-state index in [4.69, 9.17) is 5.73 Å². The Morgan fingerprint density at radius 2 is 1.26 bits per heavy atom. The monoisotopic (exact) mass is 265 g/mol. The molecule has 0 aromatic carbocycles. The van der Waals surface area contributed by atoms with Gasteiger partial charge in [-0.05, 0) is 49.4 Å². The molecule has 2 fully saturated rings. The molecule has 0 aliphatic heterocycles. The van der Waals surface area contributed by atoms with Crippen molar-refractivity contribution in [3.8, 4) is 0 Å². The summed E-state index contributed by atoms with van der Waals surface area (Å²) in [7, 11) is 0. The van der Waals surface area contributed by atoms with Crippen molar-refractivity contribution in [2.24, 2.45) is 29.4 Å². The normalized spacial score (nSPS) is 38.1. The summed E-state index contributed by atoms with van der Waals surface area (Å²) >= 11 is 0. The second-order valence-electron chi connectivity index (χ2n) is 7.34. The molecular weight excluding hydrogens is 230 g/mol. The lowest BCUT2D eigenvalue weighted by atomic mass is 9.70. The van der Waals surface area contributed by atoms with E-state index in [0.29, 0.717) is 6.04 Å². The van der Waals surface area contributed by atoms with Crippen LogP contribution in [0.3, 0.4) is 0 Å². The van der Waals surface area contributed by atoms with Crippen molar-refractivity contribution in [3.05, 3.63) is 0 Å². The van der Waals surface area contributed by atoms with Crippen LogP contribution in [0.25, 0.3) is 0 Å². The molecule has 2 N–H and O–H groups in total. The Morgan fingerprint density at radius 3 is 1.68 bits per heavy atom. The van der Waals surface area contributed by atoms with Crippen LogP contribution < -0.4 is 5.73 Å². The summed E-state index contributed by atoms with van der Waals surface area (Å²) in [5.74, 6) is 3.71. The highest BCUT2D eigenvalue weighted by molar-refractivity contribution is 4.87. The zero-order chi connectivity index (χ0) is 13.7. The van der Waals surface area contributed by atoms with Crippen LogP contribution in [0.15, 0.2) is 0 Å². The minimum absolute atomic E-state index is 0.514. The number of nitrogens with two attached hydrogens (primary N) is 1. The fraction of sp³-hybridized carbons (Fsp3) is 1.00. The third-order valence-electron chi connectivity index (χ3n) is 6.15. The Bertz CT molecular complexity index is 234. The van der Waals surface area contributed by atoms with E-state index in [0.717, 1.165) is 23.7 Å². The summed E-state index contributed by atoms with van der Waals surface area (Å²) in [5.41, 5.74) is 6.63. The highest BCUT2D eigenvalue weighted by atomic mass is 14.7. The second kappa shape index (κ2) is 7.67. The van der Waals surface area contributed by atoms with Crippen LogP contribution in [0, 0.1) is 23.7 Å². The van der Waals surface area contributed by atoms with Gasteiger partial charge in [0.25, 0.3) is 0 Å². The molecule has 0 saturated heterocycles. The maximum atomic E-state index is 6.63. The van der Waals surface area contributed by atoms with Crippen molar-refractivity contribution in [3.63, 3.8) is 0 Å². The third-order valence-corrected chi connectivity index (χ3v) is 6.15. The first-order valence-corrected chi connectivity index (χ1v) is 9.00. The third kappa shape index (κ3) is 4.21. The lowest BCUT2D eigenvalue weighted by molar-refractivity contribution is 0.158. The van der Waals surface area contributed by atoms with Crippen LogP contribution in [-0.2, 0) is 0 Å². The Labute approximate surface area is 120 Å². The highest BCUT2D eigenvalue weighted by Crippen LogP contribution is 2.39.